The molecule has 0 bridgehead atoms. The average Bonchev–Trinajstić information content (AvgIpc) is 2.85. The van der Waals surface area contributed by atoms with E-state index in [1.165, 1.54) is 29.4 Å². The first kappa shape index (κ1) is 29.3. The van der Waals surface area contributed by atoms with Crippen LogP contribution in [0.4, 0.5) is 5.69 Å². The van der Waals surface area contributed by atoms with Crippen LogP contribution in [0.25, 0.3) is 0 Å². The van der Waals surface area contributed by atoms with Crippen LogP contribution >= 0.6 is 11.6 Å². The Kier molecular flexibility index (Phi) is 10.9. The second-order valence-corrected chi connectivity index (χ2v) is 10.5. The second-order valence-electron chi connectivity index (χ2n) is 8.17. The third-order valence-corrected chi connectivity index (χ3v) is 7.18. The van der Waals surface area contributed by atoms with Gasteiger partial charge in [0.2, 0.25) is 21.8 Å². The number of nitrogens with one attached hydrogen (secondary N) is 1. The molecule has 1 atom stereocenters. The van der Waals surface area contributed by atoms with Gasteiger partial charge >= 0.3 is 0 Å². The fourth-order valence-electron chi connectivity index (χ4n) is 3.87. The average molecular weight is 540 g/mol. The zero-order chi connectivity index (χ0) is 26.9. The van der Waals surface area contributed by atoms with E-state index in [0.717, 1.165) is 11.8 Å². The zero-order valence-electron chi connectivity index (χ0n) is 21.3. The highest BCUT2D eigenvalue weighted by atomic mass is 35.5. The highest BCUT2D eigenvalue weighted by molar-refractivity contribution is 7.92. The molecule has 36 heavy (non-hydrogen) atoms. The summed E-state index contributed by atoms with van der Waals surface area (Å²) in [5.74, 6) is 0.556. The molecule has 0 heterocycles. The first-order chi connectivity index (χ1) is 17.0. The number of hydrogen-bond donors (Lipinski definition) is 1. The molecule has 0 fully saturated rings. The van der Waals surface area contributed by atoms with Crippen molar-refractivity contribution in [1.82, 2.24) is 10.2 Å². The second kappa shape index (κ2) is 13.4. The molecular weight excluding hydrogens is 506 g/mol. The number of benzene rings is 2. The predicted octanol–water partition coefficient (Wildman–Crippen LogP) is 3.46. The molecule has 0 aliphatic carbocycles. The summed E-state index contributed by atoms with van der Waals surface area (Å²) in [6.07, 6.45) is 1.82. The minimum Gasteiger partial charge on any atom is -0.497 e. The summed E-state index contributed by atoms with van der Waals surface area (Å²) in [4.78, 5) is 27.4. The smallest absolute Gasteiger partial charge is 0.242 e. The normalized spacial score (nSPS) is 11.9. The molecule has 11 heteroatoms. The lowest BCUT2D eigenvalue weighted by molar-refractivity contribution is -0.141. The number of hydrogen-bond acceptors (Lipinski definition) is 6. The molecule has 0 saturated heterocycles. The Balaban J connectivity index is 2.22. The maximum Gasteiger partial charge on any atom is 0.242 e. The number of anilines is 1. The number of halogens is 1. The maximum atomic E-state index is 13.3. The Bertz CT molecular complexity index is 1160. The van der Waals surface area contributed by atoms with Gasteiger partial charge in [-0.15, -0.1) is 0 Å². The Labute approximate surface area is 218 Å². The number of nitrogens with zero attached hydrogens (tertiary/aromatic N) is 2. The number of sulfonamides is 1. The molecule has 1 N–H and O–H groups in total. The maximum absolute atomic E-state index is 13.3. The van der Waals surface area contributed by atoms with E-state index in [1.54, 1.807) is 25.3 Å². The molecule has 2 aromatic carbocycles. The topological polar surface area (TPSA) is 105 Å². The number of methoxy groups -OCH3 is 2. The van der Waals surface area contributed by atoms with E-state index in [0.29, 0.717) is 23.6 Å². The van der Waals surface area contributed by atoms with Crippen LogP contribution in [0.3, 0.4) is 0 Å². The van der Waals surface area contributed by atoms with Crippen LogP contribution in [0.15, 0.2) is 42.5 Å². The first-order valence-electron chi connectivity index (χ1n) is 11.5. The van der Waals surface area contributed by atoms with Crippen LogP contribution in [0, 0.1) is 0 Å². The number of carbonyl (C=O) groups is 2. The van der Waals surface area contributed by atoms with Crippen LogP contribution in [0.2, 0.25) is 5.02 Å². The fraction of sp³-hybridized carbons (Fsp3) is 0.440. The molecule has 2 aromatic rings. The Morgan fingerprint density at radius 3 is 2.39 bits per heavy atom. The van der Waals surface area contributed by atoms with Gasteiger partial charge in [-0.25, -0.2) is 8.42 Å². The summed E-state index contributed by atoms with van der Waals surface area (Å²) in [6, 6.07) is 11.3. The Hall–Kier alpha value is -2.98. The number of ether oxygens (including phenoxy) is 2. The van der Waals surface area contributed by atoms with E-state index in [2.05, 4.69) is 5.32 Å². The van der Waals surface area contributed by atoms with Crippen molar-refractivity contribution in [3.8, 4) is 11.5 Å². The van der Waals surface area contributed by atoms with Crippen LogP contribution in [-0.2, 0) is 26.2 Å². The highest BCUT2D eigenvalue weighted by Gasteiger charge is 2.28. The molecule has 0 radical (unpaired) electrons. The molecule has 0 unspecified atom stereocenters. The molecule has 0 saturated carbocycles. The monoisotopic (exact) mass is 539 g/mol. The van der Waals surface area contributed by atoms with Gasteiger partial charge < -0.3 is 19.7 Å². The Morgan fingerprint density at radius 1 is 1.11 bits per heavy atom. The zero-order valence-corrected chi connectivity index (χ0v) is 22.9. The molecule has 198 valence electrons. The van der Waals surface area contributed by atoms with Gasteiger partial charge in [0.25, 0.3) is 0 Å². The third kappa shape index (κ3) is 7.76. The molecule has 0 aliphatic heterocycles. The molecule has 0 aliphatic rings. The van der Waals surface area contributed by atoms with Crippen molar-refractivity contribution >= 4 is 39.1 Å². The van der Waals surface area contributed by atoms with E-state index in [4.69, 9.17) is 21.1 Å². The minimum atomic E-state index is -3.64. The summed E-state index contributed by atoms with van der Waals surface area (Å²) in [7, 11) is 0.928. The SMILES string of the molecule is CC[C@H](C(=O)NC)N(Cc1cccc(OC)c1)C(=O)CCCN(c1ccc(OC)c(Cl)c1)S(C)(=O)=O. The van der Waals surface area contributed by atoms with Crippen molar-refractivity contribution in [2.24, 2.45) is 0 Å². The van der Waals surface area contributed by atoms with Crippen LogP contribution in [0.5, 0.6) is 11.5 Å². The lowest BCUT2D eigenvalue weighted by Crippen LogP contribution is -2.48. The quantitative estimate of drug-likeness (QED) is 0.418. The molecule has 0 spiro atoms. The van der Waals surface area contributed by atoms with Crippen LogP contribution in [0.1, 0.15) is 31.7 Å². The predicted molar refractivity (Wildman–Crippen MR) is 141 cm³/mol. The number of rotatable bonds is 13. The summed E-state index contributed by atoms with van der Waals surface area (Å²) in [5.41, 5.74) is 1.19. The molecule has 2 amide bonds. The molecule has 2 rings (SSSR count). The summed E-state index contributed by atoms with van der Waals surface area (Å²) in [6.45, 7) is 2.12. The van der Waals surface area contributed by atoms with Gasteiger partial charge in [0.05, 0.1) is 31.2 Å². The van der Waals surface area contributed by atoms with Crippen molar-refractivity contribution in [3.05, 3.63) is 53.1 Å². The first-order valence-corrected chi connectivity index (χ1v) is 13.7. The van der Waals surface area contributed by atoms with Gasteiger partial charge in [-0.3, -0.25) is 13.9 Å². The number of amides is 2. The standard InChI is InChI=1S/C25H34ClN3O6S/c1-6-22(25(31)27-2)28(17-18-9-7-10-20(15-18)34-3)24(30)11-8-14-29(36(5,32)33)19-12-13-23(35-4)21(26)16-19/h7,9-10,12-13,15-16,22H,6,8,11,14,17H2,1-5H3,(H,27,31)/t22-/m1/s1. The van der Waals surface area contributed by atoms with Crippen molar-refractivity contribution in [2.75, 3.05) is 38.4 Å². The van der Waals surface area contributed by atoms with Gasteiger partial charge in [-0.05, 0) is 48.7 Å². The van der Waals surface area contributed by atoms with Crippen molar-refractivity contribution in [2.45, 2.75) is 38.8 Å². The highest BCUT2D eigenvalue weighted by Crippen LogP contribution is 2.30. The van der Waals surface area contributed by atoms with E-state index in [9.17, 15) is 18.0 Å². The fourth-order valence-corrected chi connectivity index (χ4v) is 5.08. The van der Waals surface area contributed by atoms with Gasteiger partial charge in [0.1, 0.15) is 17.5 Å². The number of carbonyl (C=O) groups excluding carboxylic acids is 2. The van der Waals surface area contributed by atoms with Crippen LogP contribution < -0.4 is 19.1 Å². The summed E-state index contributed by atoms with van der Waals surface area (Å²) >= 11 is 6.19. The summed E-state index contributed by atoms with van der Waals surface area (Å²) < 4.78 is 36.6. The van der Waals surface area contributed by atoms with Crippen molar-refractivity contribution < 1.29 is 27.5 Å². The molecular formula is C25H34ClN3O6S. The van der Waals surface area contributed by atoms with Gasteiger partial charge in [0, 0.05) is 26.6 Å². The van der Waals surface area contributed by atoms with E-state index >= 15 is 0 Å². The minimum absolute atomic E-state index is 0.0490. The molecule has 9 nitrogen and oxygen atoms in total. The van der Waals surface area contributed by atoms with E-state index in [-0.39, 0.29) is 42.8 Å². The van der Waals surface area contributed by atoms with Gasteiger partial charge in [-0.1, -0.05) is 30.7 Å². The van der Waals surface area contributed by atoms with Gasteiger partial charge in [-0.2, -0.15) is 0 Å². The lowest BCUT2D eigenvalue weighted by Gasteiger charge is -2.31. The third-order valence-electron chi connectivity index (χ3n) is 5.69. The van der Waals surface area contributed by atoms with Crippen LogP contribution in [-0.4, -0.2) is 65.2 Å². The summed E-state index contributed by atoms with van der Waals surface area (Å²) in [5, 5.41) is 2.90. The van der Waals surface area contributed by atoms with E-state index < -0.39 is 16.1 Å². The van der Waals surface area contributed by atoms with Crippen molar-refractivity contribution in [1.29, 1.82) is 0 Å². The number of likely N-dealkylation sites (N-methyl/N-ethyl adjacent to an activating group) is 1. The van der Waals surface area contributed by atoms with E-state index in [1.807, 2.05) is 25.1 Å². The molecule has 0 aromatic heterocycles. The largest absolute Gasteiger partial charge is 0.497 e. The lowest BCUT2D eigenvalue weighted by atomic mass is 10.1. The Morgan fingerprint density at radius 2 is 1.83 bits per heavy atom. The van der Waals surface area contributed by atoms with Gasteiger partial charge in [0.15, 0.2) is 0 Å². The van der Waals surface area contributed by atoms with Crippen molar-refractivity contribution in [3.63, 3.8) is 0 Å².